The highest BCUT2D eigenvalue weighted by atomic mass is 16.7. The van der Waals surface area contributed by atoms with E-state index in [1.165, 1.54) is 5.06 Å². The number of benzene rings is 2. The molecule has 0 fully saturated rings. The number of aromatic nitrogens is 1. The number of hydroxylamine groups is 2. The van der Waals surface area contributed by atoms with E-state index in [1.54, 1.807) is 7.11 Å². The molecule has 1 amide bonds. The molecule has 1 aliphatic rings. The summed E-state index contributed by atoms with van der Waals surface area (Å²) in [5.74, 6) is 1.26. The molecule has 1 N–H and O–H groups in total. The standard InChI is InChI=1S/C23H23N3O3/c1-28-20-9-5-8-18(14-20)15-24-21-11-10-19-12-13-26(23(27)22(19)25-21)29-16-17-6-3-2-4-7-17/h2-11,14H,12-13,15-16H2,1H3,(H,24,25). The second-order valence-corrected chi connectivity index (χ2v) is 6.83. The Balaban J connectivity index is 1.42. The summed E-state index contributed by atoms with van der Waals surface area (Å²) < 4.78 is 5.25. The Bertz CT molecular complexity index is 992. The van der Waals surface area contributed by atoms with Gasteiger partial charge in [0.1, 0.15) is 23.9 Å². The fourth-order valence-electron chi connectivity index (χ4n) is 3.24. The van der Waals surface area contributed by atoms with Gasteiger partial charge >= 0.3 is 0 Å². The van der Waals surface area contributed by atoms with Crippen LogP contribution in [-0.4, -0.2) is 29.6 Å². The molecular formula is C23H23N3O3. The van der Waals surface area contributed by atoms with Gasteiger partial charge in [0.2, 0.25) is 0 Å². The van der Waals surface area contributed by atoms with Crippen LogP contribution in [0.3, 0.4) is 0 Å². The van der Waals surface area contributed by atoms with Gasteiger partial charge in [0.15, 0.2) is 0 Å². The first-order chi connectivity index (χ1) is 14.2. The van der Waals surface area contributed by atoms with Crippen molar-refractivity contribution in [3.8, 4) is 5.75 Å². The summed E-state index contributed by atoms with van der Waals surface area (Å²) in [6.45, 7) is 1.47. The van der Waals surface area contributed by atoms with Crippen molar-refractivity contribution in [3.05, 3.63) is 89.1 Å². The number of carbonyl (C=O) groups excluding carboxylic acids is 1. The van der Waals surface area contributed by atoms with Crippen molar-refractivity contribution < 1.29 is 14.4 Å². The summed E-state index contributed by atoms with van der Waals surface area (Å²) in [5, 5.41) is 4.69. The number of carbonyl (C=O) groups is 1. The quantitative estimate of drug-likeness (QED) is 0.665. The third kappa shape index (κ3) is 4.55. The van der Waals surface area contributed by atoms with Crippen LogP contribution in [0, 0.1) is 0 Å². The van der Waals surface area contributed by atoms with Gasteiger partial charge < -0.3 is 10.1 Å². The first-order valence-electron chi connectivity index (χ1n) is 9.58. The maximum absolute atomic E-state index is 12.8. The molecule has 0 spiro atoms. The molecule has 29 heavy (non-hydrogen) atoms. The maximum Gasteiger partial charge on any atom is 0.296 e. The first kappa shape index (κ1) is 19.0. The third-order valence-electron chi connectivity index (χ3n) is 4.83. The van der Waals surface area contributed by atoms with Gasteiger partial charge in [-0.1, -0.05) is 48.5 Å². The van der Waals surface area contributed by atoms with E-state index in [2.05, 4.69) is 10.3 Å². The molecule has 0 bridgehead atoms. The number of ether oxygens (including phenoxy) is 1. The lowest BCUT2D eigenvalue weighted by atomic mass is 10.1. The van der Waals surface area contributed by atoms with Crippen LogP contribution in [0.25, 0.3) is 0 Å². The number of nitrogens with zero attached hydrogens (tertiary/aromatic N) is 2. The fraction of sp³-hybridized carbons (Fsp3) is 0.217. The molecule has 6 heteroatoms. The highest BCUT2D eigenvalue weighted by Gasteiger charge is 2.27. The molecule has 148 valence electrons. The van der Waals surface area contributed by atoms with E-state index < -0.39 is 0 Å². The Morgan fingerprint density at radius 2 is 1.86 bits per heavy atom. The molecule has 2 heterocycles. The average Bonchev–Trinajstić information content (AvgIpc) is 2.78. The zero-order valence-electron chi connectivity index (χ0n) is 16.3. The van der Waals surface area contributed by atoms with Crippen LogP contribution < -0.4 is 10.1 Å². The zero-order chi connectivity index (χ0) is 20.1. The molecule has 4 rings (SSSR count). The lowest BCUT2D eigenvalue weighted by Gasteiger charge is -2.27. The summed E-state index contributed by atoms with van der Waals surface area (Å²) in [4.78, 5) is 23.1. The molecule has 2 aromatic carbocycles. The van der Waals surface area contributed by atoms with Gasteiger partial charge in [-0.2, -0.15) is 0 Å². The molecule has 1 aromatic heterocycles. The van der Waals surface area contributed by atoms with Gasteiger partial charge in [0.25, 0.3) is 5.91 Å². The Hall–Kier alpha value is -3.38. The normalized spacial score (nSPS) is 13.1. The minimum atomic E-state index is -0.202. The van der Waals surface area contributed by atoms with Crippen molar-refractivity contribution >= 4 is 11.7 Å². The van der Waals surface area contributed by atoms with Gasteiger partial charge in [-0.25, -0.2) is 10.0 Å². The SMILES string of the molecule is COc1cccc(CNc2ccc3c(n2)C(=O)N(OCc2ccccc2)CC3)c1. The lowest BCUT2D eigenvalue weighted by molar-refractivity contribution is -0.135. The summed E-state index contributed by atoms with van der Waals surface area (Å²) in [5.41, 5.74) is 3.48. The highest BCUT2D eigenvalue weighted by molar-refractivity contribution is 5.94. The molecule has 0 saturated carbocycles. The van der Waals surface area contributed by atoms with Crippen molar-refractivity contribution in [2.24, 2.45) is 0 Å². The number of pyridine rings is 1. The van der Waals surface area contributed by atoms with Gasteiger partial charge in [-0.3, -0.25) is 9.63 Å². The number of fused-ring (bicyclic) bond motifs is 1. The van der Waals surface area contributed by atoms with Crippen molar-refractivity contribution in [2.45, 2.75) is 19.6 Å². The number of hydrogen-bond acceptors (Lipinski definition) is 5. The van der Waals surface area contributed by atoms with Crippen LogP contribution >= 0.6 is 0 Å². The maximum atomic E-state index is 12.8. The van der Waals surface area contributed by atoms with E-state index in [0.717, 1.165) is 28.9 Å². The molecule has 0 atom stereocenters. The fourth-order valence-corrected chi connectivity index (χ4v) is 3.24. The van der Waals surface area contributed by atoms with Crippen molar-refractivity contribution in [3.63, 3.8) is 0 Å². The summed E-state index contributed by atoms with van der Waals surface area (Å²) in [6.07, 6.45) is 0.721. The largest absolute Gasteiger partial charge is 0.497 e. The monoisotopic (exact) mass is 389 g/mol. The summed E-state index contributed by atoms with van der Waals surface area (Å²) >= 11 is 0. The van der Waals surface area contributed by atoms with E-state index in [-0.39, 0.29) is 5.91 Å². The van der Waals surface area contributed by atoms with E-state index in [0.29, 0.717) is 31.2 Å². The van der Waals surface area contributed by atoms with Crippen LogP contribution in [0.4, 0.5) is 5.82 Å². The summed E-state index contributed by atoms with van der Waals surface area (Å²) in [6, 6.07) is 21.5. The first-order valence-corrected chi connectivity index (χ1v) is 9.58. The van der Waals surface area contributed by atoms with E-state index in [9.17, 15) is 4.79 Å². The van der Waals surface area contributed by atoms with Crippen molar-refractivity contribution in [1.29, 1.82) is 0 Å². The minimum absolute atomic E-state index is 0.202. The van der Waals surface area contributed by atoms with E-state index >= 15 is 0 Å². The Morgan fingerprint density at radius 3 is 2.69 bits per heavy atom. The van der Waals surface area contributed by atoms with E-state index in [1.807, 2.05) is 66.7 Å². The molecule has 0 radical (unpaired) electrons. The number of methoxy groups -OCH3 is 1. The minimum Gasteiger partial charge on any atom is -0.497 e. The molecule has 1 aliphatic heterocycles. The predicted molar refractivity (Wildman–Crippen MR) is 111 cm³/mol. The predicted octanol–water partition coefficient (Wildman–Crippen LogP) is 3.83. The smallest absolute Gasteiger partial charge is 0.296 e. The van der Waals surface area contributed by atoms with Crippen LogP contribution in [0.5, 0.6) is 5.75 Å². The van der Waals surface area contributed by atoms with Gasteiger partial charge in [0, 0.05) is 6.54 Å². The molecule has 0 unspecified atom stereocenters. The second kappa shape index (κ2) is 8.75. The number of rotatable bonds is 7. The molecule has 0 saturated heterocycles. The van der Waals surface area contributed by atoms with Crippen LogP contribution in [0.15, 0.2) is 66.7 Å². The Kier molecular flexibility index (Phi) is 5.72. The van der Waals surface area contributed by atoms with Gasteiger partial charge in [-0.05, 0) is 41.3 Å². The van der Waals surface area contributed by atoms with Crippen LogP contribution in [0.1, 0.15) is 27.2 Å². The second-order valence-electron chi connectivity index (χ2n) is 6.83. The zero-order valence-corrected chi connectivity index (χ0v) is 16.3. The number of hydrogen-bond donors (Lipinski definition) is 1. The average molecular weight is 389 g/mol. The van der Waals surface area contributed by atoms with Gasteiger partial charge in [-0.15, -0.1) is 0 Å². The molecule has 0 aliphatic carbocycles. The van der Waals surface area contributed by atoms with Crippen LogP contribution in [0.2, 0.25) is 0 Å². The number of amides is 1. The molecule has 3 aromatic rings. The molecule has 6 nitrogen and oxygen atoms in total. The molecular weight excluding hydrogens is 366 g/mol. The Morgan fingerprint density at radius 1 is 1.03 bits per heavy atom. The third-order valence-corrected chi connectivity index (χ3v) is 4.83. The van der Waals surface area contributed by atoms with Crippen molar-refractivity contribution in [1.82, 2.24) is 10.0 Å². The highest BCUT2D eigenvalue weighted by Crippen LogP contribution is 2.21. The number of nitrogens with one attached hydrogen (secondary N) is 1. The Labute approximate surface area is 170 Å². The van der Waals surface area contributed by atoms with Gasteiger partial charge in [0.05, 0.1) is 13.7 Å². The van der Waals surface area contributed by atoms with Crippen LogP contribution in [-0.2, 0) is 24.4 Å². The lowest BCUT2D eigenvalue weighted by Crippen LogP contribution is -2.38. The van der Waals surface area contributed by atoms with Crippen molar-refractivity contribution in [2.75, 3.05) is 19.0 Å². The van der Waals surface area contributed by atoms with E-state index in [4.69, 9.17) is 9.57 Å². The number of anilines is 1. The summed E-state index contributed by atoms with van der Waals surface area (Å²) in [7, 11) is 1.65. The topological polar surface area (TPSA) is 63.7 Å².